The number of hydrogen-bond acceptors (Lipinski definition) is 3. The summed E-state index contributed by atoms with van der Waals surface area (Å²) in [4.78, 5) is 13.5. The van der Waals surface area contributed by atoms with Crippen molar-refractivity contribution in [2.24, 2.45) is 0 Å². The molecule has 2 atom stereocenters. The van der Waals surface area contributed by atoms with Crippen molar-refractivity contribution < 1.29 is 9.53 Å². The summed E-state index contributed by atoms with van der Waals surface area (Å²) in [6.45, 7) is 2.13. The van der Waals surface area contributed by atoms with Crippen LogP contribution in [0.4, 0.5) is 0 Å². The summed E-state index contributed by atoms with van der Waals surface area (Å²) in [5, 5.41) is 0. The minimum atomic E-state index is 0.399. The smallest absolute Gasteiger partial charge is 0.134 e. The third kappa shape index (κ3) is 1.92. The third-order valence-electron chi connectivity index (χ3n) is 3.25. The molecule has 0 aromatic heterocycles. The lowest BCUT2D eigenvalue weighted by Gasteiger charge is -2.22. The summed E-state index contributed by atoms with van der Waals surface area (Å²) in [6, 6.07) is 0.521. The standard InChI is InChI=1S/C10H17NO2/c1-13-10-4-5-11(7-10)8-2-3-9(12)6-8/h8,10H,2-7H2,1H3. The van der Waals surface area contributed by atoms with E-state index in [0.717, 1.165) is 38.8 Å². The Kier molecular flexibility index (Phi) is 2.65. The molecule has 0 aromatic carbocycles. The molecule has 0 spiro atoms. The Morgan fingerprint density at radius 2 is 2.31 bits per heavy atom. The molecule has 1 saturated carbocycles. The molecule has 3 nitrogen and oxygen atoms in total. The van der Waals surface area contributed by atoms with E-state index in [2.05, 4.69) is 4.90 Å². The molecule has 0 N–H and O–H groups in total. The van der Waals surface area contributed by atoms with Crippen molar-refractivity contribution in [1.29, 1.82) is 0 Å². The van der Waals surface area contributed by atoms with Gasteiger partial charge in [0.2, 0.25) is 0 Å². The van der Waals surface area contributed by atoms with Crippen molar-refractivity contribution in [2.45, 2.75) is 37.8 Å². The highest BCUT2D eigenvalue weighted by atomic mass is 16.5. The molecule has 1 heterocycles. The van der Waals surface area contributed by atoms with Crippen LogP contribution >= 0.6 is 0 Å². The molecular formula is C10H17NO2. The summed E-state index contributed by atoms with van der Waals surface area (Å²) in [5.41, 5.74) is 0. The van der Waals surface area contributed by atoms with Crippen molar-refractivity contribution in [3.05, 3.63) is 0 Å². The van der Waals surface area contributed by atoms with Crippen LogP contribution in [0, 0.1) is 0 Å². The van der Waals surface area contributed by atoms with E-state index in [1.165, 1.54) is 0 Å². The highest BCUT2D eigenvalue weighted by molar-refractivity contribution is 5.81. The number of rotatable bonds is 2. The second-order valence-electron chi connectivity index (χ2n) is 4.08. The first-order valence-corrected chi connectivity index (χ1v) is 5.08. The minimum absolute atomic E-state index is 0.399. The fraction of sp³-hybridized carbons (Fsp3) is 0.900. The van der Waals surface area contributed by atoms with Crippen molar-refractivity contribution in [2.75, 3.05) is 20.2 Å². The Labute approximate surface area is 79.0 Å². The molecule has 2 aliphatic rings. The van der Waals surface area contributed by atoms with E-state index in [1.807, 2.05) is 0 Å². The maximum atomic E-state index is 11.1. The van der Waals surface area contributed by atoms with Crippen LogP contribution in [0.5, 0.6) is 0 Å². The fourth-order valence-electron chi connectivity index (χ4n) is 2.38. The van der Waals surface area contributed by atoms with Crippen LogP contribution in [0.1, 0.15) is 25.7 Å². The minimum Gasteiger partial charge on any atom is -0.380 e. The topological polar surface area (TPSA) is 29.5 Å². The van der Waals surface area contributed by atoms with Crippen LogP contribution in [0.2, 0.25) is 0 Å². The molecule has 13 heavy (non-hydrogen) atoms. The number of ether oxygens (including phenoxy) is 1. The summed E-state index contributed by atoms with van der Waals surface area (Å²) >= 11 is 0. The largest absolute Gasteiger partial charge is 0.380 e. The van der Waals surface area contributed by atoms with Crippen LogP contribution in [0.3, 0.4) is 0 Å². The number of likely N-dealkylation sites (tertiary alicyclic amines) is 1. The highest BCUT2D eigenvalue weighted by Gasteiger charge is 2.32. The summed E-state index contributed by atoms with van der Waals surface area (Å²) in [5.74, 6) is 0.436. The molecule has 0 bridgehead atoms. The van der Waals surface area contributed by atoms with E-state index in [4.69, 9.17) is 4.74 Å². The second-order valence-corrected chi connectivity index (χ2v) is 4.08. The van der Waals surface area contributed by atoms with Gasteiger partial charge in [-0.05, 0) is 12.8 Å². The van der Waals surface area contributed by atoms with Gasteiger partial charge in [-0.1, -0.05) is 0 Å². The van der Waals surface area contributed by atoms with E-state index >= 15 is 0 Å². The van der Waals surface area contributed by atoms with Crippen molar-refractivity contribution in [1.82, 2.24) is 4.90 Å². The number of ketones is 1. The summed E-state index contributed by atoms with van der Waals surface area (Å²) in [7, 11) is 1.77. The lowest BCUT2D eigenvalue weighted by atomic mass is 10.2. The summed E-state index contributed by atoms with van der Waals surface area (Å²) in [6.07, 6.45) is 4.15. The van der Waals surface area contributed by atoms with Crippen LogP contribution < -0.4 is 0 Å². The third-order valence-corrected chi connectivity index (χ3v) is 3.25. The Bertz CT molecular complexity index is 205. The molecule has 0 amide bonds. The predicted octanol–water partition coefficient (Wildman–Crippen LogP) is 0.829. The molecule has 1 saturated heterocycles. The molecule has 0 radical (unpaired) electrons. The Morgan fingerprint density at radius 1 is 1.46 bits per heavy atom. The van der Waals surface area contributed by atoms with Gasteiger partial charge in [0.15, 0.2) is 0 Å². The van der Waals surface area contributed by atoms with Gasteiger partial charge in [-0.25, -0.2) is 0 Å². The number of Topliss-reactive ketones (excluding diaryl/α,β-unsaturated/α-hetero) is 1. The van der Waals surface area contributed by atoms with Crippen molar-refractivity contribution in [3.63, 3.8) is 0 Å². The average Bonchev–Trinajstić information content (AvgIpc) is 2.71. The predicted molar refractivity (Wildman–Crippen MR) is 49.6 cm³/mol. The Hall–Kier alpha value is -0.410. The van der Waals surface area contributed by atoms with Crippen LogP contribution in [0.15, 0.2) is 0 Å². The first-order valence-electron chi connectivity index (χ1n) is 5.08. The van der Waals surface area contributed by atoms with Crippen molar-refractivity contribution >= 4 is 5.78 Å². The first-order chi connectivity index (χ1) is 6.29. The molecule has 0 aromatic rings. The van der Waals surface area contributed by atoms with Gasteiger partial charge in [0, 0.05) is 39.1 Å². The van der Waals surface area contributed by atoms with Crippen LogP contribution in [-0.2, 0) is 9.53 Å². The molecule has 1 aliphatic heterocycles. The first kappa shape index (κ1) is 9.16. The highest BCUT2D eigenvalue weighted by Crippen LogP contribution is 2.25. The van der Waals surface area contributed by atoms with Gasteiger partial charge in [0.05, 0.1) is 6.10 Å². The van der Waals surface area contributed by atoms with Gasteiger partial charge in [-0.2, -0.15) is 0 Å². The quantitative estimate of drug-likeness (QED) is 0.635. The van der Waals surface area contributed by atoms with Gasteiger partial charge >= 0.3 is 0 Å². The SMILES string of the molecule is COC1CCN(C2CCC(=O)C2)C1. The zero-order valence-corrected chi connectivity index (χ0v) is 8.16. The van der Waals surface area contributed by atoms with Gasteiger partial charge < -0.3 is 4.74 Å². The fourth-order valence-corrected chi connectivity index (χ4v) is 2.38. The summed E-state index contributed by atoms with van der Waals surface area (Å²) < 4.78 is 5.30. The van der Waals surface area contributed by atoms with E-state index in [0.29, 0.717) is 17.9 Å². The maximum Gasteiger partial charge on any atom is 0.134 e. The number of carbonyl (C=O) groups is 1. The number of carbonyl (C=O) groups excluding carboxylic acids is 1. The number of hydrogen-bond donors (Lipinski definition) is 0. The second kappa shape index (κ2) is 3.76. The van der Waals surface area contributed by atoms with Crippen LogP contribution in [-0.4, -0.2) is 43.0 Å². The normalized spacial score (nSPS) is 35.9. The van der Waals surface area contributed by atoms with Gasteiger partial charge in [0.1, 0.15) is 5.78 Å². The molecule has 2 rings (SSSR count). The van der Waals surface area contributed by atoms with Gasteiger partial charge in [0.25, 0.3) is 0 Å². The maximum absolute atomic E-state index is 11.1. The Balaban J connectivity index is 1.85. The molecule has 3 heteroatoms. The zero-order valence-electron chi connectivity index (χ0n) is 8.16. The van der Waals surface area contributed by atoms with Gasteiger partial charge in [-0.3, -0.25) is 9.69 Å². The van der Waals surface area contributed by atoms with E-state index in [1.54, 1.807) is 7.11 Å². The molecule has 74 valence electrons. The monoisotopic (exact) mass is 183 g/mol. The molecule has 1 aliphatic carbocycles. The van der Waals surface area contributed by atoms with Crippen LogP contribution in [0.25, 0.3) is 0 Å². The molecule has 2 unspecified atom stereocenters. The van der Waals surface area contributed by atoms with E-state index < -0.39 is 0 Å². The lowest BCUT2D eigenvalue weighted by molar-refractivity contribution is -0.117. The molecular weight excluding hydrogens is 166 g/mol. The number of nitrogens with zero attached hydrogens (tertiary/aromatic N) is 1. The van der Waals surface area contributed by atoms with E-state index in [-0.39, 0.29) is 0 Å². The van der Waals surface area contributed by atoms with Gasteiger partial charge in [-0.15, -0.1) is 0 Å². The number of methoxy groups -OCH3 is 1. The molecule has 2 fully saturated rings. The average molecular weight is 183 g/mol. The zero-order chi connectivity index (χ0) is 9.26. The van der Waals surface area contributed by atoms with Crippen molar-refractivity contribution in [3.8, 4) is 0 Å². The lowest BCUT2D eigenvalue weighted by Crippen LogP contribution is -2.32. The Morgan fingerprint density at radius 3 is 2.85 bits per heavy atom. The van der Waals surface area contributed by atoms with E-state index in [9.17, 15) is 4.79 Å².